The number of anilines is 2. The molecular weight excluding hydrogens is 524 g/mol. The van der Waals surface area contributed by atoms with Crippen LogP contribution in [0.15, 0.2) is 39.9 Å². The number of piperidine rings is 1. The molecule has 2 aliphatic rings. The average Bonchev–Trinajstić information content (AvgIpc) is 2.99. The molecule has 0 amide bonds. The zero-order valence-electron chi connectivity index (χ0n) is 23.8. The van der Waals surface area contributed by atoms with Crippen LogP contribution in [0.25, 0.3) is 21.8 Å². The number of aromatic nitrogens is 4. The van der Waals surface area contributed by atoms with E-state index in [4.69, 9.17) is 24.2 Å². The minimum Gasteiger partial charge on any atom is -0.490 e. The van der Waals surface area contributed by atoms with Crippen molar-refractivity contribution in [2.75, 3.05) is 62.4 Å². The van der Waals surface area contributed by atoms with Gasteiger partial charge in [-0.1, -0.05) is 12.1 Å². The van der Waals surface area contributed by atoms with Crippen molar-refractivity contribution >= 4 is 33.6 Å². The molecule has 4 heterocycles. The van der Waals surface area contributed by atoms with Crippen LogP contribution in [0.4, 0.5) is 11.8 Å². The maximum Gasteiger partial charge on any atom is 0.329 e. The first-order chi connectivity index (χ1) is 20.0. The van der Waals surface area contributed by atoms with Crippen LogP contribution in [0.1, 0.15) is 38.3 Å². The number of ether oxygens (including phenoxy) is 3. The number of hydrogen-bond acceptors (Lipinski definition) is 9. The van der Waals surface area contributed by atoms with Crippen molar-refractivity contribution in [3.8, 4) is 11.5 Å². The molecule has 2 aliphatic heterocycles. The Balaban J connectivity index is 1.37. The second-order valence-electron chi connectivity index (χ2n) is 10.4. The third kappa shape index (κ3) is 5.10. The number of fused-ring (bicyclic) bond motifs is 2. The third-order valence-corrected chi connectivity index (χ3v) is 7.92. The van der Waals surface area contributed by atoms with Crippen LogP contribution in [-0.4, -0.2) is 72.1 Å². The van der Waals surface area contributed by atoms with Crippen LogP contribution in [0, 0.1) is 6.92 Å². The van der Waals surface area contributed by atoms with Gasteiger partial charge in [0.15, 0.2) is 11.5 Å². The normalized spacial score (nSPS) is 16.5. The van der Waals surface area contributed by atoms with Gasteiger partial charge in [-0.3, -0.25) is 9.36 Å². The summed E-state index contributed by atoms with van der Waals surface area (Å²) in [4.78, 5) is 43.8. The quantitative estimate of drug-likeness (QED) is 0.363. The van der Waals surface area contributed by atoms with E-state index in [0.717, 1.165) is 35.4 Å². The largest absolute Gasteiger partial charge is 0.490 e. The zero-order chi connectivity index (χ0) is 28.5. The smallest absolute Gasteiger partial charge is 0.329 e. The average molecular weight is 561 g/mol. The molecule has 2 fully saturated rings. The first kappa shape index (κ1) is 27.1. The molecule has 2 aromatic heterocycles. The van der Waals surface area contributed by atoms with Crippen molar-refractivity contribution in [3.05, 3.63) is 56.7 Å². The van der Waals surface area contributed by atoms with Crippen molar-refractivity contribution in [2.45, 2.75) is 39.7 Å². The van der Waals surface area contributed by atoms with E-state index in [1.807, 2.05) is 45.0 Å². The zero-order valence-corrected chi connectivity index (χ0v) is 23.8. The summed E-state index contributed by atoms with van der Waals surface area (Å²) in [5.74, 6) is 2.78. The van der Waals surface area contributed by atoms with E-state index < -0.39 is 0 Å². The lowest BCUT2D eigenvalue weighted by molar-refractivity contribution is 0.122. The summed E-state index contributed by atoms with van der Waals surface area (Å²) in [6, 6.07) is 9.22. The Labute approximate surface area is 237 Å². The fourth-order valence-electron chi connectivity index (χ4n) is 5.86. The second-order valence-corrected chi connectivity index (χ2v) is 10.4. The van der Waals surface area contributed by atoms with Crippen LogP contribution in [0.3, 0.4) is 0 Å². The molecule has 0 atom stereocenters. The maximum atomic E-state index is 13.4. The Bertz CT molecular complexity index is 1690. The summed E-state index contributed by atoms with van der Waals surface area (Å²) in [5, 5.41) is 1.42. The van der Waals surface area contributed by atoms with Gasteiger partial charge in [0.1, 0.15) is 5.82 Å². The summed E-state index contributed by atoms with van der Waals surface area (Å²) >= 11 is 0. The highest BCUT2D eigenvalue weighted by Crippen LogP contribution is 2.38. The number of benzene rings is 2. The summed E-state index contributed by atoms with van der Waals surface area (Å²) in [7, 11) is 0. The number of morpholine rings is 1. The van der Waals surface area contributed by atoms with Gasteiger partial charge in [0, 0.05) is 43.7 Å². The predicted molar refractivity (Wildman–Crippen MR) is 159 cm³/mol. The Morgan fingerprint density at radius 3 is 2.34 bits per heavy atom. The molecule has 2 aromatic carbocycles. The van der Waals surface area contributed by atoms with Gasteiger partial charge in [0.25, 0.3) is 5.56 Å². The van der Waals surface area contributed by atoms with Gasteiger partial charge in [0.05, 0.1) is 42.8 Å². The summed E-state index contributed by atoms with van der Waals surface area (Å²) < 4.78 is 18.8. The molecule has 4 aromatic rings. The Hall–Kier alpha value is -4.12. The monoisotopic (exact) mass is 560 g/mol. The number of aromatic amines is 1. The molecule has 0 bridgehead atoms. The predicted octanol–water partition coefficient (Wildman–Crippen LogP) is 3.42. The Morgan fingerprint density at radius 1 is 0.927 bits per heavy atom. The number of nitrogens with one attached hydrogen (secondary N) is 1. The van der Waals surface area contributed by atoms with Crippen molar-refractivity contribution in [3.63, 3.8) is 0 Å². The van der Waals surface area contributed by atoms with E-state index >= 15 is 0 Å². The molecule has 1 N–H and O–H groups in total. The molecule has 0 aliphatic carbocycles. The van der Waals surface area contributed by atoms with E-state index in [1.165, 1.54) is 4.57 Å². The van der Waals surface area contributed by atoms with Gasteiger partial charge in [-0.15, -0.1) is 0 Å². The first-order valence-electron chi connectivity index (χ1n) is 14.4. The van der Waals surface area contributed by atoms with Gasteiger partial charge < -0.3 is 29.0 Å². The fourth-order valence-corrected chi connectivity index (χ4v) is 5.86. The van der Waals surface area contributed by atoms with E-state index in [1.54, 1.807) is 6.07 Å². The summed E-state index contributed by atoms with van der Waals surface area (Å²) in [6.07, 6.45) is 1.27. The highest BCUT2D eigenvalue weighted by molar-refractivity contribution is 5.93. The van der Waals surface area contributed by atoms with Gasteiger partial charge in [-0.25, -0.2) is 9.78 Å². The minimum absolute atomic E-state index is 0.206. The Morgan fingerprint density at radius 2 is 1.63 bits per heavy atom. The van der Waals surface area contributed by atoms with Crippen molar-refractivity contribution < 1.29 is 14.2 Å². The lowest BCUT2D eigenvalue weighted by Gasteiger charge is -2.35. The van der Waals surface area contributed by atoms with E-state index in [9.17, 15) is 9.59 Å². The van der Waals surface area contributed by atoms with Gasteiger partial charge in [-0.05, 0) is 51.3 Å². The van der Waals surface area contributed by atoms with Crippen molar-refractivity contribution in [2.24, 2.45) is 0 Å². The molecule has 2 saturated heterocycles. The number of hydrogen-bond donors (Lipinski definition) is 1. The van der Waals surface area contributed by atoms with Gasteiger partial charge >= 0.3 is 5.69 Å². The minimum atomic E-state index is -0.359. The molecule has 0 spiro atoms. The number of nitrogens with zero attached hydrogens (tertiary/aromatic N) is 5. The van der Waals surface area contributed by atoms with E-state index in [-0.39, 0.29) is 17.3 Å². The SMILES string of the molecule is CCOc1cc2nc(N3CCOCC3)nc(N3CCC(n4c(=O)[nH]c5c(C)cccc5c4=O)CC3)c2cc1OCC. The number of para-hydroxylation sites is 1. The Kier molecular flexibility index (Phi) is 7.53. The molecule has 0 radical (unpaired) electrons. The first-order valence-corrected chi connectivity index (χ1v) is 14.4. The third-order valence-electron chi connectivity index (χ3n) is 7.92. The van der Waals surface area contributed by atoms with Crippen LogP contribution < -0.4 is 30.5 Å². The van der Waals surface area contributed by atoms with Crippen LogP contribution in [0.2, 0.25) is 0 Å². The van der Waals surface area contributed by atoms with E-state index in [2.05, 4.69) is 14.8 Å². The second kappa shape index (κ2) is 11.4. The molecule has 11 nitrogen and oxygen atoms in total. The topological polar surface area (TPSA) is 115 Å². The number of H-pyrrole nitrogens is 1. The molecular formula is C30H36N6O5. The highest BCUT2D eigenvalue weighted by atomic mass is 16.5. The molecule has 41 heavy (non-hydrogen) atoms. The lowest BCUT2D eigenvalue weighted by atomic mass is 10.0. The lowest BCUT2D eigenvalue weighted by Crippen LogP contribution is -2.44. The molecule has 6 rings (SSSR count). The molecule has 0 unspecified atom stereocenters. The summed E-state index contributed by atoms with van der Waals surface area (Å²) in [6.45, 7) is 10.8. The standard InChI is InChI=1S/C30H36N6O5/c1-4-40-24-17-22-23(18-25(24)41-5-2)31-29(35-13-15-39-16-14-35)33-27(22)34-11-9-20(10-12-34)36-28(37)21-8-6-7-19(3)26(21)32-30(36)38/h6-8,17-18,20H,4-5,9-16H2,1-3H3,(H,32,38). The number of rotatable bonds is 7. The van der Waals surface area contributed by atoms with Crippen LogP contribution in [-0.2, 0) is 4.74 Å². The summed E-state index contributed by atoms with van der Waals surface area (Å²) in [5.41, 5.74) is 1.67. The van der Waals surface area contributed by atoms with Gasteiger partial charge in [0.2, 0.25) is 5.95 Å². The molecule has 11 heteroatoms. The van der Waals surface area contributed by atoms with Gasteiger partial charge in [-0.2, -0.15) is 4.98 Å². The fraction of sp³-hybridized carbons (Fsp3) is 0.467. The van der Waals surface area contributed by atoms with Crippen LogP contribution in [0.5, 0.6) is 11.5 Å². The van der Waals surface area contributed by atoms with E-state index in [0.29, 0.717) is 80.7 Å². The molecule has 0 saturated carbocycles. The van der Waals surface area contributed by atoms with Crippen molar-refractivity contribution in [1.82, 2.24) is 19.5 Å². The van der Waals surface area contributed by atoms with Crippen molar-refractivity contribution in [1.29, 1.82) is 0 Å². The number of aryl methyl sites for hydroxylation is 1. The molecule has 216 valence electrons. The highest BCUT2D eigenvalue weighted by Gasteiger charge is 2.28. The van der Waals surface area contributed by atoms with Crippen LogP contribution >= 0.6 is 0 Å². The maximum absolute atomic E-state index is 13.4.